The Hall–Kier alpha value is -2.40. The summed E-state index contributed by atoms with van der Waals surface area (Å²) in [4.78, 5) is 14.4. The second kappa shape index (κ2) is 7.66. The molecule has 25 heavy (non-hydrogen) atoms. The molecule has 132 valence electrons. The number of halogens is 1. The molecule has 2 aromatic carbocycles. The Morgan fingerprint density at radius 2 is 1.92 bits per heavy atom. The Kier molecular flexibility index (Phi) is 5.34. The Labute approximate surface area is 147 Å². The van der Waals surface area contributed by atoms with Gasteiger partial charge in [-0.15, -0.1) is 0 Å². The van der Waals surface area contributed by atoms with Crippen LogP contribution in [0.5, 0.6) is 5.75 Å². The number of nitrogens with zero attached hydrogens (tertiary/aromatic N) is 1. The Balaban J connectivity index is 1.84. The molecule has 2 aromatic rings. The molecule has 0 aromatic heterocycles. The largest absolute Gasteiger partial charge is 0.497 e. The van der Waals surface area contributed by atoms with E-state index in [0.29, 0.717) is 24.4 Å². The van der Waals surface area contributed by atoms with Gasteiger partial charge >= 0.3 is 5.97 Å². The van der Waals surface area contributed by atoms with Crippen molar-refractivity contribution in [2.45, 2.75) is 12.5 Å². The van der Waals surface area contributed by atoms with E-state index in [0.717, 1.165) is 6.54 Å². The van der Waals surface area contributed by atoms with Crippen molar-refractivity contribution in [2.24, 2.45) is 5.92 Å². The van der Waals surface area contributed by atoms with Crippen LogP contribution >= 0.6 is 0 Å². The lowest BCUT2D eigenvalue weighted by atomic mass is 9.88. The summed E-state index contributed by atoms with van der Waals surface area (Å²) in [5.74, 6) is -0.788. The van der Waals surface area contributed by atoms with Gasteiger partial charge in [-0.25, -0.2) is 4.39 Å². The van der Waals surface area contributed by atoms with Crippen LogP contribution in [0.3, 0.4) is 0 Å². The third-order valence-corrected chi connectivity index (χ3v) is 4.76. The molecule has 0 N–H and O–H groups in total. The predicted molar refractivity (Wildman–Crippen MR) is 92.9 cm³/mol. The van der Waals surface area contributed by atoms with E-state index < -0.39 is 0 Å². The summed E-state index contributed by atoms with van der Waals surface area (Å²) in [6.07, 6.45) is 0. The van der Waals surface area contributed by atoms with E-state index in [-0.39, 0.29) is 23.6 Å². The monoisotopic (exact) mass is 343 g/mol. The molecule has 3 rings (SSSR count). The second-order valence-electron chi connectivity index (χ2n) is 6.30. The Morgan fingerprint density at radius 1 is 1.16 bits per heavy atom. The first-order chi connectivity index (χ1) is 12.1. The normalized spacial score (nSPS) is 20.4. The number of carbonyl (C=O) groups is 1. The zero-order valence-corrected chi connectivity index (χ0v) is 14.4. The molecule has 4 nitrogen and oxygen atoms in total. The van der Waals surface area contributed by atoms with Crippen molar-refractivity contribution >= 4 is 5.97 Å². The minimum absolute atomic E-state index is 0.234. The Bertz CT molecular complexity index is 735. The smallest absolute Gasteiger partial charge is 0.310 e. The van der Waals surface area contributed by atoms with Crippen molar-refractivity contribution < 1.29 is 18.7 Å². The van der Waals surface area contributed by atoms with Crippen molar-refractivity contribution in [1.29, 1.82) is 0 Å². The zero-order chi connectivity index (χ0) is 17.8. The van der Waals surface area contributed by atoms with Gasteiger partial charge in [0.1, 0.15) is 11.6 Å². The highest BCUT2D eigenvalue weighted by Gasteiger charge is 2.40. The summed E-state index contributed by atoms with van der Waals surface area (Å²) in [6, 6.07) is 14.9. The number of benzene rings is 2. The fraction of sp³-hybridized carbons (Fsp3) is 0.350. The topological polar surface area (TPSA) is 38.8 Å². The van der Waals surface area contributed by atoms with E-state index in [1.807, 2.05) is 18.2 Å². The number of methoxy groups -OCH3 is 2. The van der Waals surface area contributed by atoms with Gasteiger partial charge in [-0.2, -0.15) is 0 Å². The first-order valence-electron chi connectivity index (χ1n) is 8.30. The fourth-order valence-electron chi connectivity index (χ4n) is 3.50. The van der Waals surface area contributed by atoms with Crippen LogP contribution < -0.4 is 4.74 Å². The number of ether oxygens (including phenoxy) is 2. The van der Waals surface area contributed by atoms with Gasteiger partial charge in [0.2, 0.25) is 0 Å². The number of hydrogen-bond donors (Lipinski definition) is 0. The standard InChI is InChI=1S/C20H22FNO3/c1-24-15-8-9-16(19(21)10-15)17-12-22(13-18(17)20(23)25-2)11-14-6-4-3-5-7-14/h3-10,17-18H,11-13H2,1-2H3/t17-,18-/m0/s1. The highest BCUT2D eigenvalue weighted by molar-refractivity contribution is 5.74. The third kappa shape index (κ3) is 3.82. The van der Waals surface area contributed by atoms with Crippen LogP contribution in [0.2, 0.25) is 0 Å². The minimum Gasteiger partial charge on any atom is -0.497 e. The molecule has 1 heterocycles. The molecule has 0 unspecified atom stereocenters. The van der Waals surface area contributed by atoms with Gasteiger partial charge in [-0.1, -0.05) is 36.4 Å². The lowest BCUT2D eigenvalue weighted by Gasteiger charge is -2.18. The SMILES string of the molecule is COC(=O)[C@H]1CN(Cc2ccccc2)C[C@H]1c1ccc(OC)cc1F. The maximum atomic E-state index is 14.5. The lowest BCUT2D eigenvalue weighted by molar-refractivity contribution is -0.145. The van der Waals surface area contributed by atoms with Crippen LogP contribution in [0.1, 0.15) is 17.0 Å². The highest BCUT2D eigenvalue weighted by Crippen LogP contribution is 2.36. The molecule has 0 bridgehead atoms. The van der Waals surface area contributed by atoms with Crippen molar-refractivity contribution in [1.82, 2.24) is 4.90 Å². The summed E-state index contributed by atoms with van der Waals surface area (Å²) in [5.41, 5.74) is 1.70. The molecule has 1 aliphatic heterocycles. The van der Waals surface area contributed by atoms with Gasteiger partial charge in [0.15, 0.2) is 0 Å². The van der Waals surface area contributed by atoms with E-state index in [2.05, 4.69) is 17.0 Å². The number of likely N-dealkylation sites (tertiary alicyclic amines) is 1. The van der Waals surface area contributed by atoms with Gasteiger partial charge in [0, 0.05) is 31.6 Å². The van der Waals surface area contributed by atoms with Crippen LogP contribution in [0.4, 0.5) is 4.39 Å². The lowest BCUT2D eigenvalue weighted by Crippen LogP contribution is -2.24. The fourth-order valence-corrected chi connectivity index (χ4v) is 3.50. The molecule has 1 aliphatic rings. The van der Waals surface area contributed by atoms with Gasteiger partial charge in [0.05, 0.1) is 20.1 Å². The second-order valence-corrected chi connectivity index (χ2v) is 6.30. The first kappa shape index (κ1) is 17.4. The summed E-state index contributed by atoms with van der Waals surface area (Å²) in [6.45, 7) is 1.89. The molecule has 1 saturated heterocycles. The van der Waals surface area contributed by atoms with Crippen LogP contribution in [0.25, 0.3) is 0 Å². The molecule has 0 spiro atoms. The van der Waals surface area contributed by atoms with E-state index in [4.69, 9.17) is 9.47 Å². The number of rotatable bonds is 5. The molecular formula is C20H22FNO3. The van der Waals surface area contributed by atoms with Crippen LogP contribution in [0, 0.1) is 11.7 Å². The van der Waals surface area contributed by atoms with Crippen molar-refractivity contribution in [3.8, 4) is 5.75 Å². The molecular weight excluding hydrogens is 321 g/mol. The molecule has 0 aliphatic carbocycles. The minimum atomic E-state index is -0.378. The molecule has 1 fully saturated rings. The average Bonchev–Trinajstić information content (AvgIpc) is 3.05. The molecule has 2 atom stereocenters. The van der Waals surface area contributed by atoms with Gasteiger partial charge < -0.3 is 9.47 Å². The van der Waals surface area contributed by atoms with Crippen LogP contribution in [0.15, 0.2) is 48.5 Å². The van der Waals surface area contributed by atoms with E-state index in [9.17, 15) is 9.18 Å². The number of hydrogen-bond acceptors (Lipinski definition) is 4. The highest BCUT2D eigenvalue weighted by atomic mass is 19.1. The predicted octanol–water partition coefficient (Wildman–Crippen LogP) is 3.22. The number of carbonyl (C=O) groups excluding carboxylic acids is 1. The maximum absolute atomic E-state index is 14.5. The van der Waals surface area contributed by atoms with Crippen LogP contribution in [-0.4, -0.2) is 38.2 Å². The summed E-state index contributed by atoms with van der Waals surface area (Å²) in [7, 11) is 2.88. The average molecular weight is 343 g/mol. The van der Waals surface area contributed by atoms with Gasteiger partial charge in [-0.3, -0.25) is 9.69 Å². The molecule has 0 saturated carbocycles. The molecule has 0 radical (unpaired) electrons. The summed E-state index contributed by atoms with van der Waals surface area (Å²) in [5, 5.41) is 0. The zero-order valence-electron chi connectivity index (χ0n) is 14.4. The summed E-state index contributed by atoms with van der Waals surface area (Å²) >= 11 is 0. The van der Waals surface area contributed by atoms with Gasteiger partial charge in [-0.05, 0) is 17.2 Å². The van der Waals surface area contributed by atoms with Crippen molar-refractivity contribution in [3.05, 3.63) is 65.5 Å². The van der Waals surface area contributed by atoms with Gasteiger partial charge in [0.25, 0.3) is 0 Å². The number of esters is 1. The Morgan fingerprint density at radius 3 is 2.56 bits per heavy atom. The molecule has 5 heteroatoms. The van der Waals surface area contributed by atoms with Crippen molar-refractivity contribution in [2.75, 3.05) is 27.3 Å². The molecule has 0 amide bonds. The van der Waals surface area contributed by atoms with Crippen molar-refractivity contribution in [3.63, 3.8) is 0 Å². The quantitative estimate of drug-likeness (QED) is 0.782. The van der Waals surface area contributed by atoms with E-state index in [1.54, 1.807) is 12.1 Å². The first-order valence-corrected chi connectivity index (χ1v) is 8.30. The maximum Gasteiger partial charge on any atom is 0.310 e. The summed E-state index contributed by atoms with van der Waals surface area (Å²) < 4.78 is 24.6. The van der Waals surface area contributed by atoms with E-state index in [1.165, 1.54) is 25.8 Å². The van der Waals surface area contributed by atoms with E-state index >= 15 is 0 Å². The van der Waals surface area contributed by atoms with Crippen LogP contribution in [-0.2, 0) is 16.1 Å². The third-order valence-electron chi connectivity index (χ3n) is 4.76.